The van der Waals surface area contributed by atoms with Crippen molar-refractivity contribution in [2.24, 2.45) is 0 Å². The van der Waals surface area contributed by atoms with Gasteiger partial charge in [0.25, 0.3) is 0 Å². The lowest BCUT2D eigenvalue weighted by Crippen LogP contribution is -2.15. The molecule has 0 N–H and O–H groups in total. The van der Waals surface area contributed by atoms with E-state index in [0.717, 1.165) is 11.4 Å². The van der Waals surface area contributed by atoms with Crippen LogP contribution >= 0.6 is 11.8 Å². The molecular weight excluding hydrogens is 685 g/mol. The zero-order chi connectivity index (χ0) is 36.3. The molecule has 9 aromatic carbocycles. The van der Waals surface area contributed by atoms with Gasteiger partial charge in [0, 0.05) is 31.9 Å². The van der Waals surface area contributed by atoms with Gasteiger partial charge in [-0.05, 0) is 111 Å². The first-order valence-corrected chi connectivity index (χ1v) is 19.6. The van der Waals surface area contributed by atoms with Crippen LogP contribution in [0.4, 0.5) is 17.1 Å². The molecule has 3 heteroatoms. The molecule has 0 fully saturated rings. The van der Waals surface area contributed by atoms with Gasteiger partial charge in [-0.15, -0.1) is 0 Å². The first kappa shape index (κ1) is 31.7. The van der Waals surface area contributed by atoms with Crippen LogP contribution in [0.3, 0.4) is 0 Å². The molecule has 2 nitrogen and oxygen atoms in total. The van der Waals surface area contributed by atoms with E-state index < -0.39 is 0 Å². The molecule has 1 aliphatic heterocycles. The maximum absolute atomic E-state index is 2.44. The Balaban J connectivity index is 1.01. The third-order valence-electron chi connectivity index (χ3n) is 11.0. The normalized spacial score (nSPS) is 12.3. The molecule has 2 heterocycles. The van der Waals surface area contributed by atoms with Gasteiger partial charge in [0.2, 0.25) is 0 Å². The zero-order valence-corrected chi connectivity index (χ0v) is 30.7. The van der Waals surface area contributed by atoms with Crippen molar-refractivity contribution in [3.63, 3.8) is 0 Å². The summed E-state index contributed by atoms with van der Waals surface area (Å²) in [5.41, 5.74) is 14.4. The lowest BCUT2D eigenvalue weighted by Gasteiger charge is -2.33. The molecule has 11 rings (SSSR count). The minimum Gasteiger partial charge on any atom is -0.309 e. The standard InChI is InChI=1S/C52H34N2S/c1-3-11-35(12-4-1)37-19-25-43(26-20-37)53-47-18-10-9-17-45(47)46-31-41(23-29-48(46)53)42-24-30-49-51(34-42)55-52-33-40-16-8-7-15-39(40)32-50(52)54(49)44-27-21-38(22-28-44)36-13-5-2-6-14-36/h1-34H. The Morgan fingerprint density at radius 2 is 0.818 bits per heavy atom. The SMILES string of the molecule is c1ccc(-c2ccc(N3c4ccc(-c5ccc6c(c5)c5ccccc5n6-c5ccc(-c6ccccc6)cc5)cc4Sc4cc5ccccc5cc43)cc2)cc1. The van der Waals surface area contributed by atoms with Crippen LogP contribution < -0.4 is 4.90 Å². The highest BCUT2D eigenvalue weighted by molar-refractivity contribution is 7.99. The predicted octanol–water partition coefficient (Wildman–Crippen LogP) is 14.9. The predicted molar refractivity (Wildman–Crippen MR) is 233 cm³/mol. The van der Waals surface area contributed by atoms with Crippen molar-refractivity contribution in [2.45, 2.75) is 9.79 Å². The van der Waals surface area contributed by atoms with Gasteiger partial charge >= 0.3 is 0 Å². The monoisotopic (exact) mass is 718 g/mol. The molecule has 0 aliphatic carbocycles. The van der Waals surface area contributed by atoms with Crippen molar-refractivity contribution >= 4 is 61.4 Å². The van der Waals surface area contributed by atoms with Crippen molar-refractivity contribution in [3.05, 3.63) is 206 Å². The van der Waals surface area contributed by atoms with Gasteiger partial charge < -0.3 is 9.47 Å². The van der Waals surface area contributed by atoms with Crippen molar-refractivity contribution in [3.8, 4) is 39.1 Å². The molecule has 1 aliphatic rings. The second-order valence-corrected chi connectivity index (χ2v) is 15.3. The van der Waals surface area contributed by atoms with E-state index in [1.807, 2.05) is 11.8 Å². The van der Waals surface area contributed by atoms with Crippen LogP contribution in [0.25, 0.3) is 71.6 Å². The second-order valence-electron chi connectivity index (χ2n) is 14.2. The molecular formula is C52H34N2S. The number of rotatable bonds is 5. The lowest BCUT2D eigenvalue weighted by atomic mass is 10.0. The van der Waals surface area contributed by atoms with Gasteiger partial charge in [0.15, 0.2) is 0 Å². The van der Waals surface area contributed by atoms with Crippen molar-refractivity contribution in [1.82, 2.24) is 4.57 Å². The van der Waals surface area contributed by atoms with Crippen molar-refractivity contribution in [1.29, 1.82) is 0 Å². The van der Waals surface area contributed by atoms with E-state index >= 15 is 0 Å². The number of anilines is 3. The molecule has 10 aromatic rings. The lowest BCUT2D eigenvalue weighted by molar-refractivity contribution is 1.17. The Labute approximate surface area is 324 Å². The number of benzene rings is 9. The number of nitrogens with zero attached hydrogens (tertiary/aromatic N) is 2. The summed E-state index contributed by atoms with van der Waals surface area (Å²) in [5, 5.41) is 5.00. The highest BCUT2D eigenvalue weighted by atomic mass is 32.2. The van der Waals surface area contributed by atoms with Gasteiger partial charge in [0.1, 0.15) is 0 Å². The number of fused-ring (bicyclic) bond motifs is 6. The molecule has 0 unspecified atom stereocenters. The molecule has 0 spiro atoms. The Morgan fingerprint density at radius 1 is 0.309 bits per heavy atom. The van der Waals surface area contributed by atoms with Gasteiger partial charge in [-0.1, -0.05) is 151 Å². The summed E-state index contributed by atoms with van der Waals surface area (Å²) in [4.78, 5) is 4.94. The average molecular weight is 719 g/mol. The quantitative estimate of drug-likeness (QED) is 0.175. The first-order chi connectivity index (χ1) is 27.2. The molecule has 0 saturated carbocycles. The van der Waals surface area contributed by atoms with E-state index in [9.17, 15) is 0 Å². The number of hydrogen-bond donors (Lipinski definition) is 0. The summed E-state index contributed by atoms with van der Waals surface area (Å²) in [5.74, 6) is 0. The van der Waals surface area contributed by atoms with Crippen LogP contribution in [0, 0.1) is 0 Å². The minimum atomic E-state index is 1.15. The summed E-state index contributed by atoms with van der Waals surface area (Å²) in [6, 6.07) is 75.2. The smallest absolute Gasteiger partial charge is 0.0608 e. The topological polar surface area (TPSA) is 8.17 Å². The van der Waals surface area contributed by atoms with Crippen LogP contribution in [-0.2, 0) is 0 Å². The molecule has 0 bridgehead atoms. The van der Waals surface area contributed by atoms with Crippen molar-refractivity contribution < 1.29 is 0 Å². The maximum Gasteiger partial charge on any atom is 0.0608 e. The molecule has 0 radical (unpaired) electrons. The minimum absolute atomic E-state index is 1.15. The van der Waals surface area contributed by atoms with Crippen LogP contribution in [0.5, 0.6) is 0 Å². The fourth-order valence-corrected chi connectivity index (χ4v) is 9.38. The van der Waals surface area contributed by atoms with Crippen LogP contribution in [0.15, 0.2) is 216 Å². The largest absolute Gasteiger partial charge is 0.309 e. The van der Waals surface area contributed by atoms with E-state index in [0.29, 0.717) is 0 Å². The number of hydrogen-bond acceptors (Lipinski definition) is 2. The van der Waals surface area contributed by atoms with Gasteiger partial charge in [0.05, 0.1) is 22.4 Å². The van der Waals surface area contributed by atoms with E-state index in [1.54, 1.807) is 0 Å². The molecule has 1 aromatic heterocycles. The van der Waals surface area contributed by atoms with E-state index in [2.05, 4.69) is 216 Å². The molecule has 0 atom stereocenters. The van der Waals surface area contributed by atoms with Crippen LogP contribution in [-0.4, -0.2) is 4.57 Å². The summed E-state index contributed by atoms with van der Waals surface area (Å²) in [7, 11) is 0. The summed E-state index contributed by atoms with van der Waals surface area (Å²) < 4.78 is 2.40. The third-order valence-corrected chi connectivity index (χ3v) is 12.1. The maximum atomic E-state index is 2.44. The highest BCUT2D eigenvalue weighted by Crippen LogP contribution is 2.53. The number of aromatic nitrogens is 1. The molecule has 258 valence electrons. The molecule has 0 saturated heterocycles. The van der Waals surface area contributed by atoms with E-state index in [-0.39, 0.29) is 0 Å². The molecule has 55 heavy (non-hydrogen) atoms. The Bertz CT molecular complexity index is 3040. The zero-order valence-electron chi connectivity index (χ0n) is 29.9. The Hall–Kier alpha value is -6.81. The second kappa shape index (κ2) is 12.9. The van der Waals surface area contributed by atoms with Crippen LogP contribution in [0.1, 0.15) is 0 Å². The van der Waals surface area contributed by atoms with E-state index in [1.165, 1.54) is 87.1 Å². The fraction of sp³-hybridized carbons (Fsp3) is 0. The van der Waals surface area contributed by atoms with Gasteiger partial charge in [-0.25, -0.2) is 0 Å². The highest BCUT2D eigenvalue weighted by Gasteiger charge is 2.26. The fourth-order valence-electron chi connectivity index (χ4n) is 8.25. The van der Waals surface area contributed by atoms with E-state index in [4.69, 9.17) is 0 Å². The van der Waals surface area contributed by atoms with Crippen LogP contribution in [0.2, 0.25) is 0 Å². The first-order valence-electron chi connectivity index (χ1n) is 18.7. The molecule has 0 amide bonds. The summed E-state index contributed by atoms with van der Waals surface area (Å²) in [6.45, 7) is 0. The third kappa shape index (κ3) is 5.43. The van der Waals surface area contributed by atoms with Gasteiger partial charge in [-0.3, -0.25) is 0 Å². The number of para-hydroxylation sites is 1. The van der Waals surface area contributed by atoms with Crippen molar-refractivity contribution in [2.75, 3.05) is 4.90 Å². The average Bonchev–Trinajstić information content (AvgIpc) is 3.59. The summed E-state index contributed by atoms with van der Waals surface area (Å²) >= 11 is 1.87. The summed E-state index contributed by atoms with van der Waals surface area (Å²) in [6.07, 6.45) is 0. The Morgan fingerprint density at radius 3 is 1.53 bits per heavy atom. The Kier molecular flexibility index (Phi) is 7.46. The van der Waals surface area contributed by atoms with Gasteiger partial charge in [-0.2, -0.15) is 0 Å².